The van der Waals surface area contributed by atoms with Crippen molar-refractivity contribution in [2.75, 3.05) is 13.1 Å². The molecule has 2 aliphatic rings. The summed E-state index contributed by atoms with van der Waals surface area (Å²) in [5.41, 5.74) is 6.92. The molecule has 2 aromatic carbocycles. The summed E-state index contributed by atoms with van der Waals surface area (Å²) < 4.78 is 0. The van der Waals surface area contributed by atoms with Crippen LogP contribution in [-0.4, -0.2) is 34.7 Å². The van der Waals surface area contributed by atoms with Crippen molar-refractivity contribution in [1.82, 2.24) is 9.80 Å². The van der Waals surface area contributed by atoms with Crippen LogP contribution in [0.3, 0.4) is 0 Å². The summed E-state index contributed by atoms with van der Waals surface area (Å²) in [5.74, 6) is -0.258. The molecule has 0 bridgehead atoms. The predicted molar refractivity (Wildman–Crippen MR) is 133 cm³/mol. The van der Waals surface area contributed by atoms with Crippen molar-refractivity contribution in [2.45, 2.75) is 72.3 Å². The molecule has 0 radical (unpaired) electrons. The van der Waals surface area contributed by atoms with Crippen LogP contribution in [0.5, 0.6) is 0 Å². The van der Waals surface area contributed by atoms with Gasteiger partial charge in [-0.2, -0.15) is 0 Å². The van der Waals surface area contributed by atoms with Gasteiger partial charge in [-0.15, -0.1) is 0 Å². The molecule has 4 nitrogen and oxygen atoms in total. The lowest BCUT2D eigenvalue weighted by molar-refractivity contribution is -0.137. The Morgan fingerprint density at radius 2 is 1.55 bits per heavy atom. The van der Waals surface area contributed by atoms with Crippen LogP contribution >= 0.6 is 0 Å². The van der Waals surface area contributed by atoms with Gasteiger partial charge in [0.2, 0.25) is 0 Å². The minimum Gasteiger partial charge on any atom is -0.362 e. The molecule has 0 aliphatic carbocycles. The standard InChI is InChI=1S/C29H36N2O2/c1-4-5-6-7-8-11-17-31-28(32)26(24-15-14-21(2)22(3)19-24)27(29(31)33)30-18-16-23-12-9-10-13-25(23)20-30/h9-10,12-15,19H,4-8,11,16-18,20H2,1-3H3. The number of unbranched alkanes of at least 4 members (excludes halogenated alkanes) is 5. The number of aryl methyl sites for hydroxylation is 2. The van der Waals surface area contributed by atoms with E-state index in [4.69, 9.17) is 0 Å². The first-order chi connectivity index (χ1) is 16.0. The van der Waals surface area contributed by atoms with Crippen LogP contribution in [0.25, 0.3) is 5.57 Å². The van der Waals surface area contributed by atoms with E-state index in [2.05, 4.69) is 56.0 Å². The predicted octanol–water partition coefficient (Wildman–Crippen LogP) is 5.80. The van der Waals surface area contributed by atoms with Gasteiger partial charge in [-0.3, -0.25) is 14.5 Å². The van der Waals surface area contributed by atoms with Crippen molar-refractivity contribution in [2.24, 2.45) is 0 Å². The number of hydrogen-bond donors (Lipinski definition) is 0. The average molecular weight is 445 g/mol. The van der Waals surface area contributed by atoms with Gasteiger partial charge in [0.1, 0.15) is 5.70 Å². The Hall–Kier alpha value is -2.88. The summed E-state index contributed by atoms with van der Waals surface area (Å²) in [6.45, 7) is 8.27. The van der Waals surface area contributed by atoms with Gasteiger partial charge < -0.3 is 4.90 Å². The number of carbonyl (C=O) groups excluding carboxylic acids is 2. The fourth-order valence-corrected chi connectivity index (χ4v) is 4.95. The summed E-state index contributed by atoms with van der Waals surface area (Å²) in [5, 5.41) is 0. The molecule has 174 valence electrons. The van der Waals surface area contributed by atoms with Gasteiger partial charge in [-0.25, -0.2) is 0 Å². The molecular formula is C29H36N2O2. The minimum atomic E-state index is -0.134. The van der Waals surface area contributed by atoms with Crippen molar-refractivity contribution in [1.29, 1.82) is 0 Å². The van der Waals surface area contributed by atoms with E-state index in [1.165, 1.54) is 40.9 Å². The second kappa shape index (κ2) is 10.4. The van der Waals surface area contributed by atoms with E-state index < -0.39 is 0 Å². The molecule has 4 rings (SSSR count). The molecule has 2 heterocycles. The van der Waals surface area contributed by atoms with Crippen LogP contribution in [0.15, 0.2) is 48.2 Å². The maximum Gasteiger partial charge on any atom is 0.277 e. The van der Waals surface area contributed by atoms with Crippen LogP contribution in [0.4, 0.5) is 0 Å². The lowest BCUT2D eigenvalue weighted by Crippen LogP contribution is -2.37. The highest BCUT2D eigenvalue weighted by Gasteiger charge is 2.41. The molecule has 0 atom stereocenters. The molecule has 0 saturated heterocycles. The number of carbonyl (C=O) groups is 2. The molecule has 0 N–H and O–H groups in total. The molecule has 4 heteroatoms. The molecule has 2 amide bonds. The first-order valence-corrected chi connectivity index (χ1v) is 12.5. The molecule has 2 aliphatic heterocycles. The Labute approximate surface area is 198 Å². The summed E-state index contributed by atoms with van der Waals surface area (Å²) in [7, 11) is 0. The molecule has 0 aromatic heterocycles. The minimum absolute atomic E-state index is 0.124. The molecule has 2 aromatic rings. The van der Waals surface area contributed by atoms with E-state index >= 15 is 0 Å². The first kappa shape index (κ1) is 23.3. The lowest BCUT2D eigenvalue weighted by Gasteiger charge is -2.31. The number of rotatable bonds is 9. The number of nitrogens with zero attached hydrogens (tertiary/aromatic N) is 2. The van der Waals surface area contributed by atoms with Crippen molar-refractivity contribution in [3.63, 3.8) is 0 Å². The van der Waals surface area contributed by atoms with Crippen LogP contribution in [-0.2, 0) is 22.6 Å². The Morgan fingerprint density at radius 3 is 2.30 bits per heavy atom. The van der Waals surface area contributed by atoms with Crippen molar-refractivity contribution in [3.05, 3.63) is 76.0 Å². The molecule has 0 unspecified atom stereocenters. The van der Waals surface area contributed by atoms with E-state index in [1.54, 1.807) is 0 Å². The summed E-state index contributed by atoms with van der Waals surface area (Å²) in [4.78, 5) is 30.9. The highest BCUT2D eigenvalue weighted by Crippen LogP contribution is 2.35. The van der Waals surface area contributed by atoms with Crippen LogP contribution < -0.4 is 0 Å². The number of amides is 2. The normalized spacial score (nSPS) is 16.1. The van der Waals surface area contributed by atoms with Gasteiger partial charge in [0.05, 0.1) is 5.57 Å². The van der Waals surface area contributed by atoms with Gasteiger partial charge in [0.15, 0.2) is 0 Å². The monoisotopic (exact) mass is 444 g/mol. The fraction of sp³-hybridized carbons (Fsp3) is 0.448. The van der Waals surface area contributed by atoms with Gasteiger partial charge in [-0.1, -0.05) is 81.5 Å². The third-order valence-electron chi connectivity index (χ3n) is 7.12. The average Bonchev–Trinajstić information content (AvgIpc) is 3.07. The molecule has 0 fully saturated rings. The lowest BCUT2D eigenvalue weighted by atomic mass is 9.96. The quantitative estimate of drug-likeness (QED) is 0.362. The van der Waals surface area contributed by atoms with Crippen molar-refractivity contribution >= 4 is 17.4 Å². The van der Waals surface area contributed by atoms with Crippen molar-refractivity contribution in [3.8, 4) is 0 Å². The third-order valence-corrected chi connectivity index (χ3v) is 7.12. The van der Waals surface area contributed by atoms with Crippen LogP contribution in [0.1, 0.15) is 73.3 Å². The van der Waals surface area contributed by atoms with Gasteiger partial charge in [0, 0.05) is 19.6 Å². The Morgan fingerprint density at radius 1 is 0.818 bits per heavy atom. The Bertz CT molecular complexity index is 1070. The topological polar surface area (TPSA) is 40.6 Å². The number of fused-ring (bicyclic) bond motifs is 1. The second-order valence-electron chi connectivity index (χ2n) is 9.49. The molecule has 0 saturated carbocycles. The fourth-order valence-electron chi connectivity index (χ4n) is 4.95. The number of hydrogen-bond acceptors (Lipinski definition) is 3. The SMILES string of the molecule is CCCCCCCCN1C(=O)C(c2ccc(C)c(C)c2)=C(N2CCc3ccccc3C2)C1=O. The van der Waals surface area contributed by atoms with Gasteiger partial charge >= 0.3 is 0 Å². The highest BCUT2D eigenvalue weighted by atomic mass is 16.2. The number of benzene rings is 2. The Kier molecular flexibility index (Phi) is 7.32. The molecule has 0 spiro atoms. The molecule has 33 heavy (non-hydrogen) atoms. The maximum absolute atomic E-state index is 13.6. The smallest absolute Gasteiger partial charge is 0.277 e. The van der Waals surface area contributed by atoms with Crippen LogP contribution in [0, 0.1) is 13.8 Å². The maximum atomic E-state index is 13.6. The zero-order valence-corrected chi connectivity index (χ0v) is 20.3. The summed E-state index contributed by atoms with van der Waals surface area (Å²) >= 11 is 0. The summed E-state index contributed by atoms with van der Waals surface area (Å²) in [6, 6.07) is 14.5. The Balaban J connectivity index is 1.61. The van der Waals surface area contributed by atoms with Gasteiger partial charge in [-0.05, 0) is 54.5 Å². The zero-order chi connectivity index (χ0) is 23.4. The van der Waals surface area contributed by atoms with E-state index in [0.717, 1.165) is 43.4 Å². The summed E-state index contributed by atoms with van der Waals surface area (Å²) in [6.07, 6.45) is 7.67. The van der Waals surface area contributed by atoms with Gasteiger partial charge in [0.25, 0.3) is 11.8 Å². The first-order valence-electron chi connectivity index (χ1n) is 12.5. The highest BCUT2D eigenvalue weighted by molar-refractivity contribution is 6.35. The molecular weight excluding hydrogens is 408 g/mol. The van der Waals surface area contributed by atoms with E-state index in [9.17, 15) is 9.59 Å². The van der Waals surface area contributed by atoms with Crippen LogP contribution in [0.2, 0.25) is 0 Å². The second-order valence-corrected chi connectivity index (χ2v) is 9.49. The van der Waals surface area contributed by atoms with E-state index in [1.807, 2.05) is 12.1 Å². The third kappa shape index (κ3) is 4.90. The zero-order valence-electron chi connectivity index (χ0n) is 20.3. The van der Waals surface area contributed by atoms with E-state index in [-0.39, 0.29) is 11.8 Å². The number of imide groups is 1. The van der Waals surface area contributed by atoms with Crippen molar-refractivity contribution < 1.29 is 9.59 Å². The van der Waals surface area contributed by atoms with E-state index in [0.29, 0.717) is 24.4 Å². The largest absolute Gasteiger partial charge is 0.362 e.